The van der Waals surface area contributed by atoms with Crippen LogP contribution in [0.25, 0.3) is 11.0 Å². The average Bonchev–Trinajstić information content (AvgIpc) is 3.01. The van der Waals surface area contributed by atoms with E-state index in [2.05, 4.69) is 20.1 Å². The molecule has 4 heterocycles. The van der Waals surface area contributed by atoms with E-state index in [1.54, 1.807) is 18.6 Å². The molecular formula is C16H17N5O2. The van der Waals surface area contributed by atoms with Crippen molar-refractivity contribution in [3.8, 4) is 0 Å². The first kappa shape index (κ1) is 14.1. The summed E-state index contributed by atoms with van der Waals surface area (Å²) in [4.78, 5) is 23.8. The van der Waals surface area contributed by atoms with E-state index in [-0.39, 0.29) is 11.6 Å². The van der Waals surface area contributed by atoms with Crippen LogP contribution < -0.4 is 5.56 Å². The van der Waals surface area contributed by atoms with E-state index in [0.717, 1.165) is 25.0 Å². The summed E-state index contributed by atoms with van der Waals surface area (Å²) in [5.74, 6) is 0.619. The van der Waals surface area contributed by atoms with E-state index in [1.165, 1.54) is 0 Å². The summed E-state index contributed by atoms with van der Waals surface area (Å²) >= 11 is 0. The van der Waals surface area contributed by atoms with Gasteiger partial charge < -0.3 is 9.72 Å². The number of ether oxygens (including phenoxy) is 1. The molecule has 1 N–H and O–H groups in total. The Labute approximate surface area is 132 Å². The van der Waals surface area contributed by atoms with Crippen LogP contribution in [0.1, 0.15) is 30.3 Å². The SMILES string of the molecule is O=c1[nH]c(Cc2cccnc2)nc2c1cnn2C1CCCOC1. The van der Waals surface area contributed by atoms with Gasteiger partial charge in [-0.3, -0.25) is 9.78 Å². The molecule has 7 heteroatoms. The molecule has 0 bridgehead atoms. The monoisotopic (exact) mass is 311 g/mol. The Morgan fingerprint density at radius 3 is 3.13 bits per heavy atom. The Bertz CT molecular complexity index is 865. The van der Waals surface area contributed by atoms with Crippen LogP contribution in [0.2, 0.25) is 0 Å². The topological polar surface area (TPSA) is 85.7 Å². The maximum atomic E-state index is 12.3. The molecule has 0 amide bonds. The van der Waals surface area contributed by atoms with Crippen LogP contribution in [0.5, 0.6) is 0 Å². The number of hydrogen-bond acceptors (Lipinski definition) is 5. The molecule has 0 aliphatic carbocycles. The van der Waals surface area contributed by atoms with Crippen LogP contribution in [-0.2, 0) is 11.2 Å². The average molecular weight is 311 g/mol. The van der Waals surface area contributed by atoms with Gasteiger partial charge in [-0.05, 0) is 24.5 Å². The van der Waals surface area contributed by atoms with Gasteiger partial charge in [0.1, 0.15) is 11.2 Å². The minimum Gasteiger partial charge on any atom is -0.379 e. The molecule has 0 aromatic carbocycles. The number of pyridine rings is 1. The van der Waals surface area contributed by atoms with Crippen molar-refractivity contribution in [1.29, 1.82) is 0 Å². The zero-order chi connectivity index (χ0) is 15.6. The zero-order valence-electron chi connectivity index (χ0n) is 12.6. The standard InChI is InChI=1S/C16H17N5O2/c22-16-13-9-18-21(12-4-2-6-23-10-12)15(13)19-14(20-16)7-11-3-1-5-17-8-11/h1,3,5,8-9,12H,2,4,6-7,10H2,(H,19,20,22). The number of aromatic nitrogens is 5. The number of fused-ring (bicyclic) bond motifs is 1. The third-order valence-electron chi connectivity index (χ3n) is 4.09. The van der Waals surface area contributed by atoms with Gasteiger partial charge in [0.15, 0.2) is 5.65 Å². The van der Waals surface area contributed by atoms with Crippen LogP contribution in [0.4, 0.5) is 0 Å². The quantitative estimate of drug-likeness (QED) is 0.791. The Hall–Kier alpha value is -2.54. The van der Waals surface area contributed by atoms with Gasteiger partial charge in [0.25, 0.3) is 5.56 Å². The predicted octanol–water partition coefficient (Wildman–Crippen LogP) is 1.46. The molecule has 0 spiro atoms. The molecule has 118 valence electrons. The highest BCUT2D eigenvalue weighted by molar-refractivity contribution is 5.73. The Balaban J connectivity index is 1.74. The smallest absolute Gasteiger partial charge is 0.262 e. The summed E-state index contributed by atoms with van der Waals surface area (Å²) in [6, 6.07) is 3.97. The summed E-state index contributed by atoms with van der Waals surface area (Å²) in [6.07, 6.45) is 7.60. The molecule has 1 aliphatic heterocycles. The highest BCUT2D eigenvalue weighted by atomic mass is 16.5. The van der Waals surface area contributed by atoms with Crippen LogP contribution >= 0.6 is 0 Å². The molecule has 1 saturated heterocycles. The lowest BCUT2D eigenvalue weighted by Crippen LogP contribution is -2.23. The maximum absolute atomic E-state index is 12.3. The van der Waals surface area contributed by atoms with Crippen molar-refractivity contribution in [2.45, 2.75) is 25.3 Å². The predicted molar refractivity (Wildman–Crippen MR) is 84.3 cm³/mol. The zero-order valence-corrected chi connectivity index (χ0v) is 12.6. The molecule has 7 nitrogen and oxygen atoms in total. The highest BCUT2D eigenvalue weighted by Gasteiger charge is 2.20. The molecule has 1 atom stereocenters. The minimum absolute atomic E-state index is 0.141. The van der Waals surface area contributed by atoms with E-state index >= 15 is 0 Å². The van der Waals surface area contributed by atoms with Crippen LogP contribution in [-0.4, -0.2) is 37.9 Å². The summed E-state index contributed by atoms with van der Waals surface area (Å²) < 4.78 is 7.36. The van der Waals surface area contributed by atoms with Crippen molar-refractivity contribution in [1.82, 2.24) is 24.7 Å². The third-order valence-corrected chi connectivity index (χ3v) is 4.09. The first-order valence-corrected chi connectivity index (χ1v) is 7.74. The van der Waals surface area contributed by atoms with Gasteiger partial charge in [-0.15, -0.1) is 0 Å². The molecule has 1 fully saturated rings. The molecule has 3 aromatic heterocycles. The highest BCUT2D eigenvalue weighted by Crippen LogP contribution is 2.22. The fraction of sp³-hybridized carbons (Fsp3) is 0.375. The summed E-state index contributed by atoms with van der Waals surface area (Å²) in [5.41, 5.74) is 1.47. The summed E-state index contributed by atoms with van der Waals surface area (Å²) in [7, 11) is 0. The normalized spacial score (nSPS) is 18.3. The van der Waals surface area contributed by atoms with Crippen molar-refractivity contribution < 1.29 is 4.74 Å². The lowest BCUT2D eigenvalue weighted by atomic mass is 10.1. The van der Waals surface area contributed by atoms with Gasteiger partial charge in [0, 0.05) is 25.4 Å². The van der Waals surface area contributed by atoms with E-state index < -0.39 is 0 Å². The number of aromatic amines is 1. The Kier molecular flexibility index (Phi) is 3.63. The number of rotatable bonds is 3. The first-order chi connectivity index (χ1) is 11.3. The Morgan fingerprint density at radius 2 is 2.35 bits per heavy atom. The van der Waals surface area contributed by atoms with E-state index in [9.17, 15) is 4.79 Å². The molecule has 4 rings (SSSR count). The van der Waals surface area contributed by atoms with E-state index in [0.29, 0.717) is 29.9 Å². The second-order valence-corrected chi connectivity index (χ2v) is 5.75. The summed E-state index contributed by atoms with van der Waals surface area (Å²) in [6.45, 7) is 1.40. The fourth-order valence-corrected chi connectivity index (χ4v) is 2.95. The maximum Gasteiger partial charge on any atom is 0.262 e. The summed E-state index contributed by atoms with van der Waals surface area (Å²) in [5, 5.41) is 4.89. The molecule has 1 unspecified atom stereocenters. The van der Waals surface area contributed by atoms with Crippen LogP contribution in [0.3, 0.4) is 0 Å². The van der Waals surface area contributed by atoms with E-state index in [1.807, 2.05) is 16.8 Å². The second-order valence-electron chi connectivity index (χ2n) is 5.75. The van der Waals surface area contributed by atoms with Gasteiger partial charge in [0.2, 0.25) is 0 Å². The van der Waals surface area contributed by atoms with Crippen LogP contribution in [0, 0.1) is 0 Å². The van der Waals surface area contributed by atoms with Crippen molar-refractivity contribution in [2.75, 3.05) is 13.2 Å². The molecule has 0 radical (unpaired) electrons. The molecule has 0 saturated carbocycles. The number of H-pyrrole nitrogens is 1. The van der Waals surface area contributed by atoms with Crippen LogP contribution in [0.15, 0.2) is 35.5 Å². The molecular weight excluding hydrogens is 294 g/mol. The Morgan fingerprint density at radius 1 is 1.39 bits per heavy atom. The first-order valence-electron chi connectivity index (χ1n) is 7.74. The lowest BCUT2D eigenvalue weighted by Gasteiger charge is -2.22. The molecule has 1 aliphatic rings. The fourth-order valence-electron chi connectivity index (χ4n) is 2.95. The number of nitrogens with one attached hydrogen (secondary N) is 1. The van der Waals surface area contributed by atoms with Crippen molar-refractivity contribution >= 4 is 11.0 Å². The largest absolute Gasteiger partial charge is 0.379 e. The van der Waals surface area contributed by atoms with Gasteiger partial charge in [-0.25, -0.2) is 9.67 Å². The minimum atomic E-state index is -0.156. The number of nitrogens with zero attached hydrogens (tertiary/aromatic N) is 4. The van der Waals surface area contributed by atoms with Gasteiger partial charge in [0.05, 0.1) is 18.8 Å². The lowest BCUT2D eigenvalue weighted by molar-refractivity contribution is 0.0563. The van der Waals surface area contributed by atoms with Gasteiger partial charge in [-0.1, -0.05) is 6.07 Å². The molecule has 23 heavy (non-hydrogen) atoms. The van der Waals surface area contributed by atoms with Gasteiger partial charge >= 0.3 is 0 Å². The second kappa shape index (κ2) is 5.92. The van der Waals surface area contributed by atoms with Crippen molar-refractivity contribution in [3.63, 3.8) is 0 Å². The van der Waals surface area contributed by atoms with Crippen molar-refractivity contribution in [2.24, 2.45) is 0 Å². The van der Waals surface area contributed by atoms with Crippen molar-refractivity contribution in [3.05, 3.63) is 52.5 Å². The van der Waals surface area contributed by atoms with Gasteiger partial charge in [-0.2, -0.15) is 5.10 Å². The number of hydrogen-bond donors (Lipinski definition) is 1. The molecule has 3 aromatic rings. The third kappa shape index (κ3) is 2.75. The van der Waals surface area contributed by atoms with E-state index in [4.69, 9.17) is 4.74 Å².